The van der Waals surface area contributed by atoms with Crippen LogP contribution in [0.5, 0.6) is 0 Å². The fourth-order valence-corrected chi connectivity index (χ4v) is 5.16. The van der Waals surface area contributed by atoms with E-state index in [9.17, 15) is 17.2 Å². The van der Waals surface area contributed by atoms with E-state index in [1.165, 1.54) is 10.6 Å². The lowest BCUT2D eigenvalue weighted by Gasteiger charge is -2.35. The van der Waals surface area contributed by atoms with Crippen molar-refractivity contribution in [3.63, 3.8) is 0 Å². The summed E-state index contributed by atoms with van der Waals surface area (Å²) in [4.78, 5) is 10.5. The number of sulfonamides is 1. The van der Waals surface area contributed by atoms with Gasteiger partial charge in [-0.1, -0.05) is 30.3 Å². The molecule has 3 heterocycles. The highest BCUT2D eigenvalue weighted by Gasteiger charge is 2.30. The molecule has 0 saturated carbocycles. The van der Waals surface area contributed by atoms with E-state index in [0.29, 0.717) is 24.9 Å². The van der Waals surface area contributed by atoms with Crippen molar-refractivity contribution in [1.82, 2.24) is 23.9 Å². The molecule has 0 spiro atoms. The summed E-state index contributed by atoms with van der Waals surface area (Å²) in [5.74, 6) is -1.09. The summed E-state index contributed by atoms with van der Waals surface area (Å²) in [6.07, 6.45) is 1.42. The standard InChI is InChI=1S/C21H18F2N6O2S/c22-17-7-6-16(12-18(17)23)32(30,31)28-10-8-27(9-11-28)20-13-19(15-4-2-1-3-5-15)26-21-24-14-25-29(20)21/h1-7,12-14H,8-11H2. The maximum absolute atomic E-state index is 13.6. The van der Waals surface area contributed by atoms with Crippen LogP contribution in [0, 0.1) is 11.6 Å². The van der Waals surface area contributed by atoms with Crippen molar-refractivity contribution in [3.8, 4) is 11.3 Å². The van der Waals surface area contributed by atoms with Gasteiger partial charge in [0.25, 0.3) is 5.78 Å². The smallest absolute Gasteiger partial charge is 0.254 e. The number of halogens is 2. The fraction of sp³-hybridized carbons (Fsp3) is 0.190. The molecule has 2 aromatic carbocycles. The summed E-state index contributed by atoms with van der Waals surface area (Å²) in [5, 5.41) is 4.25. The summed E-state index contributed by atoms with van der Waals surface area (Å²) in [5.41, 5.74) is 1.66. The zero-order valence-corrected chi connectivity index (χ0v) is 17.6. The molecular formula is C21H18F2N6O2S. The predicted octanol–water partition coefficient (Wildman–Crippen LogP) is 2.58. The van der Waals surface area contributed by atoms with E-state index >= 15 is 0 Å². The van der Waals surface area contributed by atoms with Crippen LogP contribution >= 0.6 is 0 Å². The van der Waals surface area contributed by atoms with E-state index in [-0.39, 0.29) is 18.0 Å². The second-order valence-electron chi connectivity index (χ2n) is 7.30. The molecule has 8 nitrogen and oxygen atoms in total. The normalized spacial score (nSPS) is 15.4. The van der Waals surface area contributed by atoms with Crippen LogP contribution in [-0.4, -0.2) is 58.5 Å². The van der Waals surface area contributed by atoms with Gasteiger partial charge >= 0.3 is 0 Å². The lowest BCUT2D eigenvalue weighted by atomic mass is 10.1. The first-order valence-corrected chi connectivity index (χ1v) is 11.3. The van der Waals surface area contributed by atoms with Gasteiger partial charge in [-0.05, 0) is 18.2 Å². The fourth-order valence-electron chi connectivity index (χ4n) is 3.72. The zero-order chi connectivity index (χ0) is 22.3. The Labute approximate surface area is 182 Å². The molecule has 4 aromatic rings. The van der Waals surface area contributed by atoms with Gasteiger partial charge in [0.1, 0.15) is 12.1 Å². The highest BCUT2D eigenvalue weighted by molar-refractivity contribution is 7.89. The lowest BCUT2D eigenvalue weighted by molar-refractivity contribution is 0.382. The number of anilines is 1. The van der Waals surface area contributed by atoms with E-state index in [0.717, 1.165) is 29.2 Å². The van der Waals surface area contributed by atoms with Gasteiger partial charge in [0.05, 0.1) is 10.6 Å². The maximum atomic E-state index is 13.6. The van der Waals surface area contributed by atoms with Crippen LogP contribution in [0.2, 0.25) is 0 Å². The first kappa shape index (κ1) is 20.5. The Kier molecular flexibility index (Phi) is 5.06. The highest BCUT2D eigenvalue weighted by Crippen LogP contribution is 2.26. The van der Waals surface area contributed by atoms with Gasteiger partial charge in [-0.15, -0.1) is 0 Å². The van der Waals surface area contributed by atoms with Gasteiger partial charge in [0.15, 0.2) is 11.6 Å². The van der Waals surface area contributed by atoms with E-state index in [2.05, 4.69) is 15.1 Å². The minimum Gasteiger partial charge on any atom is -0.354 e. The third-order valence-electron chi connectivity index (χ3n) is 5.39. The summed E-state index contributed by atoms with van der Waals surface area (Å²) >= 11 is 0. The van der Waals surface area contributed by atoms with Crippen molar-refractivity contribution < 1.29 is 17.2 Å². The quantitative estimate of drug-likeness (QED) is 0.470. The number of piperazine rings is 1. The summed E-state index contributed by atoms with van der Waals surface area (Å²) in [6, 6.07) is 14.2. The number of rotatable bonds is 4. The van der Waals surface area contributed by atoms with Crippen molar-refractivity contribution in [1.29, 1.82) is 0 Å². The van der Waals surface area contributed by atoms with Crippen molar-refractivity contribution in [3.05, 3.63) is 72.6 Å². The molecule has 5 rings (SSSR count). The Morgan fingerprint density at radius 2 is 1.62 bits per heavy atom. The van der Waals surface area contributed by atoms with Crippen molar-refractivity contribution in [2.75, 3.05) is 31.1 Å². The van der Waals surface area contributed by atoms with Gasteiger partial charge in [0, 0.05) is 37.8 Å². The van der Waals surface area contributed by atoms with Crippen LogP contribution in [0.4, 0.5) is 14.6 Å². The van der Waals surface area contributed by atoms with E-state index in [1.54, 1.807) is 4.52 Å². The molecular weight excluding hydrogens is 438 g/mol. The number of hydrogen-bond acceptors (Lipinski definition) is 6. The second-order valence-corrected chi connectivity index (χ2v) is 9.24. The Morgan fingerprint density at radius 1 is 0.875 bits per heavy atom. The van der Waals surface area contributed by atoms with Crippen LogP contribution in [0.3, 0.4) is 0 Å². The molecule has 0 bridgehead atoms. The molecule has 0 amide bonds. The third kappa shape index (κ3) is 3.59. The number of aromatic nitrogens is 4. The van der Waals surface area contributed by atoms with Gasteiger partial charge in [0.2, 0.25) is 10.0 Å². The number of hydrogen-bond donors (Lipinski definition) is 0. The van der Waals surface area contributed by atoms with Gasteiger partial charge < -0.3 is 4.90 Å². The molecule has 1 aliphatic heterocycles. The second kappa shape index (κ2) is 7.92. The number of nitrogens with zero attached hydrogens (tertiary/aromatic N) is 6. The van der Waals surface area contributed by atoms with Crippen molar-refractivity contribution in [2.45, 2.75) is 4.90 Å². The first-order valence-electron chi connectivity index (χ1n) is 9.90. The van der Waals surface area contributed by atoms with Gasteiger partial charge in [-0.25, -0.2) is 22.2 Å². The molecule has 0 aliphatic carbocycles. The van der Waals surface area contributed by atoms with Gasteiger partial charge in [-0.3, -0.25) is 0 Å². The summed E-state index contributed by atoms with van der Waals surface area (Å²) in [6.45, 7) is 1.13. The molecule has 0 unspecified atom stereocenters. The molecule has 1 fully saturated rings. The average Bonchev–Trinajstić information content (AvgIpc) is 3.29. The topological polar surface area (TPSA) is 83.7 Å². The molecule has 32 heavy (non-hydrogen) atoms. The Hall–Kier alpha value is -3.44. The zero-order valence-electron chi connectivity index (χ0n) is 16.8. The van der Waals surface area contributed by atoms with Crippen LogP contribution in [0.1, 0.15) is 0 Å². The molecule has 0 atom stereocenters. The monoisotopic (exact) mass is 456 g/mol. The van der Waals surface area contributed by atoms with E-state index in [1.807, 2.05) is 41.3 Å². The highest BCUT2D eigenvalue weighted by atomic mass is 32.2. The van der Waals surface area contributed by atoms with Gasteiger partial charge in [-0.2, -0.15) is 18.9 Å². The van der Waals surface area contributed by atoms with Crippen LogP contribution in [-0.2, 0) is 10.0 Å². The van der Waals surface area contributed by atoms with Crippen molar-refractivity contribution in [2.24, 2.45) is 0 Å². The average molecular weight is 456 g/mol. The Balaban J connectivity index is 1.42. The Morgan fingerprint density at radius 3 is 2.34 bits per heavy atom. The first-order chi connectivity index (χ1) is 15.4. The Bertz CT molecular complexity index is 1390. The predicted molar refractivity (Wildman–Crippen MR) is 114 cm³/mol. The minimum atomic E-state index is -3.94. The summed E-state index contributed by atoms with van der Waals surface area (Å²) < 4.78 is 55.4. The molecule has 0 N–H and O–H groups in total. The molecule has 2 aromatic heterocycles. The molecule has 11 heteroatoms. The van der Waals surface area contributed by atoms with E-state index < -0.39 is 21.7 Å². The van der Waals surface area contributed by atoms with Crippen LogP contribution in [0.15, 0.2) is 65.8 Å². The molecule has 1 aliphatic rings. The van der Waals surface area contributed by atoms with Crippen LogP contribution < -0.4 is 4.90 Å². The maximum Gasteiger partial charge on any atom is 0.254 e. The van der Waals surface area contributed by atoms with E-state index in [4.69, 9.17) is 0 Å². The third-order valence-corrected chi connectivity index (χ3v) is 7.29. The minimum absolute atomic E-state index is 0.181. The van der Waals surface area contributed by atoms with Crippen molar-refractivity contribution >= 4 is 21.6 Å². The SMILES string of the molecule is O=S(=O)(c1ccc(F)c(F)c1)N1CCN(c2cc(-c3ccccc3)nc3ncnn23)CC1. The lowest BCUT2D eigenvalue weighted by Crippen LogP contribution is -2.49. The summed E-state index contributed by atoms with van der Waals surface area (Å²) in [7, 11) is -3.94. The largest absolute Gasteiger partial charge is 0.354 e. The number of benzene rings is 2. The molecule has 0 radical (unpaired) electrons. The molecule has 1 saturated heterocycles. The molecule has 164 valence electrons. The van der Waals surface area contributed by atoms with Crippen LogP contribution in [0.25, 0.3) is 17.0 Å². The number of fused-ring (bicyclic) bond motifs is 1.